The van der Waals surface area contributed by atoms with E-state index in [1.165, 1.54) is 25.4 Å². The molecule has 0 saturated carbocycles. The summed E-state index contributed by atoms with van der Waals surface area (Å²) in [6.07, 6.45) is 2.52. The van der Waals surface area contributed by atoms with Crippen LogP contribution < -0.4 is 0 Å². The first kappa shape index (κ1) is 19.1. The van der Waals surface area contributed by atoms with Gasteiger partial charge in [0.2, 0.25) is 10.0 Å². The number of nitrogens with zero attached hydrogens (tertiary/aromatic N) is 1. The van der Waals surface area contributed by atoms with Crippen LogP contribution in [0.15, 0.2) is 29.2 Å². The van der Waals surface area contributed by atoms with Crippen LogP contribution in [0, 0.1) is 5.41 Å². The Morgan fingerprint density at radius 3 is 2.50 bits per heavy atom. The van der Waals surface area contributed by atoms with Gasteiger partial charge < -0.3 is 5.11 Å². The number of aromatic carboxylic acids is 1. The number of hydrogen-bond donors (Lipinski definition) is 1. The van der Waals surface area contributed by atoms with E-state index in [4.69, 9.17) is 0 Å². The molecule has 0 aliphatic heterocycles. The third-order valence-corrected chi connectivity index (χ3v) is 8.08. The maximum Gasteiger partial charge on any atom is 0.337 e. The summed E-state index contributed by atoms with van der Waals surface area (Å²) >= 11 is 1.42. The molecule has 2 aromatic rings. The molecule has 7 heteroatoms. The van der Waals surface area contributed by atoms with Gasteiger partial charge in [0, 0.05) is 24.5 Å². The molecule has 140 valence electrons. The molecule has 0 fully saturated rings. The van der Waals surface area contributed by atoms with E-state index in [0.29, 0.717) is 16.9 Å². The molecule has 0 spiro atoms. The fourth-order valence-corrected chi connectivity index (χ4v) is 5.92. The van der Waals surface area contributed by atoms with Gasteiger partial charge in [-0.3, -0.25) is 0 Å². The summed E-state index contributed by atoms with van der Waals surface area (Å²) in [6.45, 7) is 4.28. The van der Waals surface area contributed by atoms with Gasteiger partial charge in [0.05, 0.1) is 15.3 Å². The molecular formula is C19H23NO4S2. The number of benzene rings is 1. The molecule has 1 aliphatic carbocycles. The quantitative estimate of drug-likeness (QED) is 0.855. The fourth-order valence-electron chi connectivity index (χ4n) is 3.41. The summed E-state index contributed by atoms with van der Waals surface area (Å²) in [5, 5.41) is 9.89. The standard InChI is InChI=1S/C19H23NO4S2/c1-19(2)10-9-14-13(11-19)16(18(21)22)17(25-14)12-7-5-6-8-15(12)26(23,24)20(3)4/h5-8H,9-11H2,1-4H3,(H,21,22). The monoisotopic (exact) mass is 393 g/mol. The second-order valence-corrected chi connectivity index (χ2v) is 10.9. The van der Waals surface area contributed by atoms with Crippen molar-refractivity contribution >= 4 is 27.3 Å². The molecule has 0 bridgehead atoms. The summed E-state index contributed by atoms with van der Waals surface area (Å²) in [6, 6.07) is 6.65. The SMILES string of the molecule is CN(C)S(=O)(=O)c1ccccc1-c1sc2c(c1C(=O)O)CC(C)(C)CC2. The first-order valence-corrected chi connectivity index (χ1v) is 10.7. The largest absolute Gasteiger partial charge is 0.478 e. The molecular weight excluding hydrogens is 370 g/mol. The molecule has 0 radical (unpaired) electrons. The molecule has 0 amide bonds. The van der Waals surface area contributed by atoms with Gasteiger partial charge in [0.15, 0.2) is 0 Å². The van der Waals surface area contributed by atoms with E-state index in [1.54, 1.807) is 24.3 Å². The van der Waals surface area contributed by atoms with Gasteiger partial charge in [0.25, 0.3) is 0 Å². The maximum atomic E-state index is 12.7. The molecule has 1 aromatic heterocycles. The molecule has 1 N–H and O–H groups in total. The number of hydrogen-bond acceptors (Lipinski definition) is 4. The zero-order chi connectivity index (χ0) is 19.3. The lowest BCUT2D eigenvalue weighted by Gasteiger charge is -2.29. The Bertz CT molecular complexity index is 971. The van der Waals surface area contributed by atoms with E-state index in [0.717, 1.165) is 27.6 Å². The van der Waals surface area contributed by atoms with E-state index in [-0.39, 0.29) is 15.9 Å². The molecule has 1 aromatic carbocycles. The van der Waals surface area contributed by atoms with E-state index >= 15 is 0 Å². The van der Waals surface area contributed by atoms with Crippen molar-refractivity contribution in [2.24, 2.45) is 5.41 Å². The molecule has 0 saturated heterocycles. The minimum atomic E-state index is -3.68. The normalized spacial score (nSPS) is 16.5. The molecule has 26 heavy (non-hydrogen) atoms. The third-order valence-electron chi connectivity index (χ3n) is 4.88. The van der Waals surface area contributed by atoms with Crippen molar-refractivity contribution in [3.05, 3.63) is 40.3 Å². The first-order chi connectivity index (χ1) is 12.0. The van der Waals surface area contributed by atoms with Crippen molar-refractivity contribution in [1.29, 1.82) is 0 Å². The highest BCUT2D eigenvalue weighted by Crippen LogP contribution is 2.46. The molecule has 0 atom stereocenters. The minimum Gasteiger partial charge on any atom is -0.478 e. The number of carbonyl (C=O) groups is 1. The zero-order valence-electron chi connectivity index (χ0n) is 15.4. The lowest BCUT2D eigenvalue weighted by atomic mass is 9.76. The van der Waals surface area contributed by atoms with Gasteiger partial charge in [-0.25, -0.2) is 17.5 Å². The van der Waals surface area contributed by atoms with Crippen molar-refractivity contribution in [2.45, 2.75) is 38.0 Å². The Balaban J connectivity index is 2.28. The Hall–Kier alpha value is -1.70. The molecule has 0 unspecified atom stereocenters. The summed E-state index contributed by atoms with van der Waals surface area (Å²) in [4.78, 5) is 13.8. The van der Waals surface area contributed by atoms with Crippen LogP contribution >= 0.6 is 11.3 Å². The van der Waals surface area contributed by atoms with Crippen LogP contribution in [-0.2, 0) is 22.9 Å². The van der Waals surface area contributed by atoms with Crippen LogP contribution in [-0.4, -0.2) is 37.9 Å². The summed E-state index contributed by atoms with van der Waals surface area (Å²) in [5.41, 5.74) is 1.64. The predicted molar refractivity (Wildman–Crippen MR) is 103 cm³/mol. The van der Waals surface area contributed by atoms with Gasteiger partial charge in [-0.05, 0) is 36.3 Å². The predicted octanol–water partition coefficient (Wildman–Crippen LogP) is 3.88. The van der Waals surface area contributed by atoms with Crippen LogP contribution in [0.1, 0.15) is 41.1 Å². The lowest BCUT2D eigenvalue weighted by molar-refractivity contribution is 0.0696. The number of aryl methyl sites for hydroxylation is 1. The van der Waals surface area contributed by atoms with Crippen LogP contribution in [0.2, 0.25) is 0 Å². The number of carboxylic acid groups (broad SMARTS) is 1. The number of thiophene rings is 1. The Kier molecular flexibility index (Phi) is 4.75. The van der Waals surface area contributed by atoms with E-state index in [1.807, 2.05) is 0 Å². The molecule has 5 nitrogen and oxygen atoms in total. The van der Waals surface area contributed by atoms with E-state index < -0.39 is 16.0 Å². The Morgan fingerprint density at radius 2 is 1.88 bits per heavy atom. The number of sulfonamides is 1. The van der Waals surface area contributed by atoms with Gasteiger partial charge >= 0.3 is 5.97 Å². The van der Waals surface area contributed by atoms with Crippen molar-refractivity contribution < 1.29 is 18.3 Å². The topological polar surface area (TPSA) is 74.7 Å². The van der Waals surface area contributed by atoms with Crippen LogP contribution in [0.3, 0.4) is 0 Å². The van der Waals surface area contributed by atoms with Crippen LogP contribution in [0.25, 0.3) is 10.4 Å². The first-order valence-electron chi connectivity index (χ1n) is 8.44. The summed E-state index contributed by atoms with van der Waals surface area (Å²) in [5.74, 6) is -0.993. The van der Waals surface area contributed by atoms with E-state index in [2.05, 4.69) is 13.8 Å². The van der Waals surface area contributed by atoms with Crippen molar-refractivity contribution in [3.8, 4) is 10.4 Å². The van der Waals surface area contributed by atoms with Crippen LogP contribution in [0.4, 0.5) is 0 Å². The number of rotatable bonds is 4. The molecule has 3 rings (SSSR count). The van der Waals surface area contributed by atoms with Crippen molar-refractivity contribution in [1.82, 2.24) is 4.31 Å². The highest BCUT2D eigenvalue weighted by Gasteiger charge is 2.34. The fraction of sp³-hybridized carbons (Fsp3) is 0.421. The maximum absolute atomic E-state index is 12.7. The Labute approximate surface area is 158 Å². The van der Waals surface area contributed by atoms with Gasteiger partial charge in [-0.15, -0.1) is 11.3 Å². The second-order valence-electron chi connectivity index (χ2n) is 7.64. The average Bonchev–Trinajstić information content (AvgIpc) is 2.92. The van der Waals surface area contributed by atoms with Crippen LogP contribution in [0.5, 0.6) is 0 Å². The average molecular weight is 394 g/mol. The lowest BCUT2D eigenvalue weighted by Crippen LogP contribution is -2.23. The number of carboxylic acids is 1. The zero-order valence-corrected chi connectivity index (χ0v) is 17.0. The number of fused-ring (bicyclic) bond motifs is 1. The third kappa shape index (κ3) is 3.19. The smallest absolute Gasteiger partial charge is 0.337 e. The Morgan fingerprint density at radius 1 is 1.23 bits per heavy atom. The van der Waals surface area contributed by atoms with Gasteiger partial charge in [-0.1, -0.05) is 32.0 Å². The molecule has 1 heterocycles. The molecule has 1 aliphatic rings. The van der Waals surface area contributed by atoms with Gasteiger partial charge in [-0.2, -0.15) is 0 Å². The summed E-state index contributed by atoms with van der Waals surface area (Å²) < 4.78 is 26.6. The highest BCUT2D eigenvalue weighted by atomic mass is 32.2. The van der Waals surface area contributed by atoms with Crippen molar-refractivity contribution in [2.75, 3.05) is 14.1 Å². The van der Waals surface area contributed by atoms with Gasteiger partial charge in [0.1, 0.15) is 0 Å². The second kappa shape index (κ2) is 6.48. The van der Waals surface area contributed by atoms with E-state index in [9.17, 15) is 18.3 Å². The van der Waals surface area contributed by atoms with Crippen molar-refractivity contribution in [3.63, 3.8) is 0 Å². The highest BCUT2D eigenvalue weighted by molar-refractivity contribution is 7.89. The minimum absolute atomic E-state index is 0.0464. The summed E-state index contributed by atoms with van der Waals surface area (Å²) in [7, 11) is -0.719.